The van der Waals surface area contributed by atoms with Gasteiger partial charge in [-0.1, -0.05) is 45.0 Å². The predicted molar refractivity (Wildman–Crippen MR) is 108 cm³/mol. The lowest BCUT2D eigenvalue weighted by atomic mass is 9.87. The normalized spacial score (nSPS) is 12.0. The molecule has 0 aliphatic heterocycles. The molecule has 1 unspecified atom stereocenters. The second-order valence-electron chi connectivity index (χ2n) is 7.46. The van der Waals surface area contributed by atoms with Crippen molar-refractivity contribution in [2.75, 3.05) is 11.9 Å². The summed E-state index contributed by atoms with van der Waals surface area (Å²) in [5, 5.41) is 13.4. The van der Waals surface area contributed by atoms with Gasteiger partial charge >= 0.3 is 5.97 Å². The van der Waals surface area contributed by atoms with Crippen molar-refractivity contribution in [1.82, 2.24) is 0 Å². The SMILES string of the molecule is CC(OC(=O)COc1ccc(C(C)(C)C)cc1)C(=O)Nc1ccccc1[N+](=O)[O-]. The predicted octanol–water partition coefficient (Wildman–Crippen LogP) is 3.84. The van der Waals surface area contributed by atoms with Crippen LogP contribution in [0.15, 0.2) is 48.5 Å². The summed E-state index contributed by atoms with van der Waals surface area (Å²) in [6, 6.07) is 13.1. The number of carbonyl (C=O) groups excluding carboxylic acids is 2. The van der Waals surface area contributed by atoms with Crippen molar-refractivity contribution in [2.24, 2.45) is 0 Å². The highest BCUT2D eigenvalue weighted by Crippen LogP contribution is 2.25. The van der Waals surface area contributed by atoms with E-state index in [1.807, 2.05) is 12.1 Å². The largest absolute Gasteiger partial charge is 0.482 e. The molecular formula is C21H24N2O6. The van der Waals surface area contributed by atoms with Crippen LogP contribution in [0.25, 0.3) is 0 Å². The molecule has 0 spiro atoms. The number of anilines is 1. The van der Waals surface area contributed by atoms with Crippen molar-refractivity contribution >= 4 is 23.3 Å². The van der Waals surface area contributed by atoms with Crippen LogP contribution in [0.3, 0.4) is 0 Å². The topological polar surface area (TPSA) is 108 Å². The number of nitrogens with one attached hydrogen (secondary N) is 1. The lowest BCUT2D eigenvalue weighted by molar-refractivity contribution is -0.383. The molecule has 154 valence electrons. The molecular weight excluding hydrogens is 376 g/mol. The highest BCUT2D eigenvalue weighted by molar-refractivity contribution is 5.96. The van der Waals surface area contributed by atoms with Crippen molar-refractivity contribution in [1.29, 1.82) is 0 Å². The van der Waals surface area contributed by atoms with Gasteiger partial charge in [0.25, 0.3) is 11.6 Å². The highest BCUT2D eigenvalue weighted by atomic mass is 16.6. The number of hydrogen-bond donors (Lipinski definition) is 1. The molecule has 8 heteroatoms. The summed E-state index contributed by atoms with van der Waals surface area (Å²) >= 11 is 0. The molecule has 0 aromatic heterocycles. The van der Waals surface area contributed by atoms with Crippen molar-refractivity contribution in [3.63, 3.8) is 0 Å². The number of nitrogens with zero attached hydrogens (tertiary/aromatic N) is 1. The molecule has 2 aromatic rings. The molecule has 2 rings (SSSR count). The number of esters is 1. The first-order chi connectivity index (χ1) is 13.6. The van der Waals surface area contributed by atoms with E-state index in [9.17, 15) is 19.7 Å². The van der Waals surface area contributed by atoms with Crippen LogP contribution in [0, 0.1) is 10.1 Å². The first-order valence-corrected chi connectivity index (χ1v) is 9.05. The van der Waals surface area contributed by atoms with Gasteiger partial charge < -0.3 is 14.8 Å². The first-order valence-electron chi connectivity index (χ1n) is 9.05. The Balaban J connectivity index is 1.87. The van der Waals surface area contributed by atoms with Crippen molar-refractivity contribution in [3.05, 3.63) is 64.2 Å². The van der Waals surface area contributed by atoms with E-state index in [2.05, 4.69) is 26.1 Å². The summed E-state index contributed by atoms with van der Waals surface area (Å²) in [5.41, 5.74) is 0.920. The fraction of sp³-hybridized carbons (Fsp3) is 0.333. The summed E-state index contributed by atoms with van der Waals surface area (Å²) in [6.45, 7) is 7.29. The van der Waals surface area contributed by atoms with Crippen LogP contribution in [0.5, 0.6) is 5.75 Å². The van der Waals surface area contributed by atoms with Crippen LogP contribution < -0.4 is 10.1 Å². The van der Waals surface area contributed by atoms with Crippen molar-refractivity contribution in [2.45, 2.75) is 39.2 Å². The zero-order valence-electron chi connectivity index (χ0n) is 16.8. The molecule has 1 N–H and O–H groups in total. The van der Waals surface area contributed by atoms with Crippen molar-refractivity contribution in [3.8, 4) is 5.75 Å². The Bertz CT molecular complexity index is 887. The summed E-state index contributed by atoms with van der Waals surface area (Å²) in [7, 11) is 0. The standard InChI is InChI=1S/C21H24N2O6/c1-14(20(25)22-17-7-5-6-8-18(17)23(26)27)29-19(24)13-28-16-11-9-15(10-12-16)21(2,3)4/h5-12,14H,13H2,1-4H3,(H,22,25). The number of hydrogen-bond acceptors (Lipinski definition) is 6. The molecule has 1 amide bonds. The minimum absolute atomic E-state index is 0.00802. The monoisotopic (exact) mass is 400 g/mol. The Hall–Kier alpha value is -3.42. The summed E-state index contributed by atoms with van der Waals surface area (Å²) < 4.78 is 10.4. The molecule has 0 aliphatic rings. The number of nitro benzene ring substituents is 1. The third kappa shape index (κ3) is 6.31. The quantitative estimate of drug-likeness (QED) is 0.430. The van der Waals surface area contributed by atoms with Crippen LogP contribution >= 0.6 is 0 Å². The van der Waals surface area contributed by atoms with Crippen LogP contribution in [0.1, 0.15) is 33.3 Å². The second kappa shape index (κ2) is 9.18. The summed E-state index contributed by atoms with van der Waals surface area (Å²) in [4.78, 5) is 34.5. The van der Waals surface area contributed by atoms with E-state index in [0.29, 0.717) is 5.75 Å². The van der Waals surface area contributed by atoms with Gasteiger partial charge in [-0.25, -0.2) is 4.79 Å². The van der Waals surface area contributed by atoms with Gasteiger partial charge in [0.05, 0.1) is 4.92 Å². The Morgan fingerprint density at radius 1 is 1.10 bits per heavy atom. The third-order valence-corrected chi connectivity index (χ3v) is 4.11. The smallest absolute Gasteiger partial charge is 0.344 e. The lowest BCUT2D eigenvalue weighted by Gasteiger charge is -2.19. The maximum absolute atomic E-state index is 12.2. The Morgan fingerprint density at radius 2 is 1.72 bits per heavy atom. The molecule has 2 aromatic carbocycles. The Kier molecular flexibility index (Phi) is 6.93. The molecule has 29 heavy (non-hydrogen) atoms. The van der Waals surface area contributed by atoms with E-state index in [1.54, 1.807) is 18.2 Å². The van der Waals surface area contributed by atoms with Crippen molar-refractivity contribution < 1.29 is 24.0 Å². The number of nitro groups is 1. The number of carbonyl (C=O) groups is 2. The molecule has 0 saturated carbocycles. The van der Waals surface area contributed by atoms with E-state index in [1.165, 1.54) is 25.1 Å². The fourth-order valence-electron chi connectivity index (χ4n) is 2.45. The van der Waals surface area contributed by atoms with Gasteiger partial charge in [0.1, 0.15) is 11.4 Å². The average Bonchev–Trinajstić information content (AvgIpc) is 2.66. The molecule has 0 aliphatic carbocycles. The van der Waals surface area contributed by atoms with Crippen LogP contribution in [-0.2, 0) is 19.7 Å². The van der Waals surface area contributed by atoms with Crippen LogP contribution in [0.2, 0.25) is 0 Å². The van der Waals surface area contributed by atoms with Gasteiger partial charge in [0.2, 0.25) is 0 Å². The van der Waals surface area contributed by atoms with Crippen LogP contribution in [-0.4, -0.2) is 29.5 Å². The van der Waals surface area contributed by atoms with E-state index >= 15 is 0 Å². The Labute approximate surface area is 169 Å². The third-order valence-electron chi connectivity index (χ3n) is 4.11. The molecule has 0 radical (unpaired) electrons. The van der Waals surface area contributed by atoms with E-state index in [0.717, 1.165) is 5.56 Å². The van der Waals surface area contributed by atoms with E-state index < -0.39 is 22.9 Å². The summed E-state index contributed by atoms with van der Waals surface area (Å²) in [5.74, 6) is -0.899. The molecule has 1 atom stereocenters. The van der Waals surface area contributed by atoms with Gasteiger partial charge in [-0.2, -0.15) is 0 Å². The molecule has 0 saturated heterocycles. The second-order valence-corrected chi connectivity index (χ2v) is 7.46. The van der Waals surface area contributed by atoms with Gasteiger partial charge in [-0.15, -0.1) is 0 Å². The Morgan fingerprint density at radius 3 is 2.31 bits per heavy atom. The fourth-order valence-corrected chi connectivity index (χ4v) is 2.45. The number of ether oxygens (including phenoxy) is 2. The van der Waals surface area contributed by atoms with Gasteiger partial charge in [-0.05, 0) is 36.1 Å². The minimum atomic E-state index is -1.14. The van der Waals surface area contributed by atoms with Gasteiger partial charge in [0, 0.05) is 6.07 Å². The highest BCUT2D eigenvalue weighted by Gasteiger charge is 2.22. The van der Waals surface area contributed by atoms with E-state index in [4.69, 9.17) is 9.47 Å². The minimum Gasteiger partial charge on any atom is -0.482 e. The van der Waals surface area contributed by atoms with Gasteiger partial charge in [-0.3, -0.25) is 14.9 Å². The number of para-hydroxylation sites is 2. The number of rotatable bonds is 7. The zero-order valence-corrected chi connectivity index (χ0v) is 16.8. The molecule has 8 nitrogen and oxygen atoms in total. The zero-order chi connectivity index (χ0) is 21.6. The molecule has 0 bridgehead atoms. The maximum atomic E-state index is 12.2. The molecule has 0 fully saturated rings. The maximum Gasteiger partial charge on any atom is 0.344 e. The van der Waals surface area contributed by atoms with Crippen LogP contribution in [0.4, 0.5) is 11.4 Å². The average molecular weight is 400 g/mol. The van der Waals surface area contributed by atoms with Gasteiger partial charge in [0.15, 0.2) is 12.7 Å². The first kappa shape index (κ1) is 21.9. The number of amides is 1. The number of benzene rings is 2. The summed E-state index contributed by atoms with van der Waals surface area (Å²) in [6.07, 6.45) is -1.14. The molecule has 0 heterocycles. The van der Waals surface area contributed by atoms with E-state index in [-0.39, 0.29) is 23.4 Å². The lowest BCUT2D eigenvalue weighted by Crippen LogP contribution is -2.31.